The summed E-state index contributed by atoms with van der Waals surface area (Å²) in [4.78, 5) is 2.60. The van der Waals surface area contributed by atoms with Crippen LogP contribution < -0.4 is 5.32 Å². The number of likely N-dealkylation sites (tertiary alicyclic amines) is 1. The first-order chi connectivity index (χ1) is 8.85. The maximum absolute atomic E-state index is 5.90. The van der Waals surface area contributed by atoms with E-state index in [1.165, 1.54) is 25.8 Å². The van der Waals surface area contributed by atoms with Crippen LogP contribution in [-0.4, -0.2) is 62.5 Å². The Morgan fingerprint density at radius 2 is 1.94 bits per heavy atom. The molecule has 0 radical (unpaired) electrons. The third-order valence-corrected chi connectivity index (χ3v) is 4.47. The number of fused-ring (bicyclic) bond motifs is 2. The fourth-order valence-corrected chi connectivity index (χ4v) is 3.51. The van der Waals surface area contributed by atoms with E-state index in [-0.39, 0.29) is 0 Å². The highest BCUT2D eigenvalue weighted by atomic mass is 16.5. The second kappa shape index (κ2) is 5.87. The third-order valence-electron chi connectivity index (χ3n) is 4.47. The molecule has 0 amide bonds. The van der Waals surface area contributed by atoms with Crippen LogP contribution in [0.5, 0.6) is 0 Å². The summed E-state index contributed by atoms with van der Waals surface area (Å²) in [5.41, 5.74) is 0. The number of nitrogens with one attached hydrogen (secondary N) is 1. The van der Waals surface area contributed by atoms with Crippen LogP contribution in [0.2, 0.25) is 0 Å². The van der Waals surface area contributed by atoms with Crippen LogP contribution in [0.15, 0.2) is 0 Å². The van der Waals surface area contributed by atoms with Crippen molar-refractivity contribution in [1.29, 1.82) is 0 Å². The van der Waals surface area contributed by atoms with Crippen LogP contribution in [0.1, 0.15) is 26.2 Å². The second-order valence-electron chi connectivity index (χ2n) is 6.03. The van der Waals surface area contributed by atoms with Crippen LogP contribution in [0, 0.1) is 5.92 Å². The molecule has 18 heavy (non-hydrogen) atoms. The first-order valence-electron chi connectivity index (χ1n) is 7.54. The van der Waals surface area contributed by atoms with Gasteiger partial charge >= 0.3 is 0 Å². The van der Waals surface area contributed by atoms with Crippen molar-refractivity contribution in [3.8, 4) is 0 Å². The van der Waals surface area contributed by atoms with Crippen LogP contribution in [-0.2, 0) is 9.47 Å². The van der Waals surface area contributed by atoms with Crippen molar-refractivity contribution in [3.63, 3.8) is 0 Å². The first-order valence-corrected chi connectivity index (χ1v) is 7.54. The van der Waals surface area contributed by atoms with Gasteiger partial charge in [-0.05, 0) is 25.8 Å². The van der Waals surface area contributed by atoms with Crippen LogP contribution in [0.4, 0.5) is 0 Å². The molecule has 4 heteroatoms. The molecule has 0 aromatic rings. The van der Waals surface area contributed by atoms with E-state index < -0.39 is 0 Å². The Morgan fingerprint density at radius 1 is 1.17 bits per heavy atom. The standard InChI is InChI=1S/C14H26N2O2/c1-2-5-15-14-10-17-9-11(14)6-16-7-12-3-4-13(8-16)18-12/h11-15H,2-10H2,1H3. The molecule has 4 nitrogen and oxygen atoms in total. The van der Waals surface area contributed by atoms with Gasteiger partial charge in [0.15, 0.2) is 0 Å². The van der Waals surface area contributed by atoms with Crippen molar-refractivity contribution < 1.29 is 9.47 Å². The lowest BCUT2D eigenvalue weighted by molar-refractivity contribution is -0.0433. The molecule has 4 atom stereocenters. The fraction of sp³-hybridized carbons (Fsp3) is 1.00. The molecule has 3 aliphatic rings. The predicted molar refractivity (Wildman–Crippen MR) is 70.7 cm³/mol. The minimum Gasteiger partial charge on any atom is -0.379 e. The SMILES string of the molecule is CCCNC1COCC1CN1CC2CCC(C1)O2. The van der Waals surface area contributed by atoms with Gasteiger partial charge in [0.1, 0.15) is 0 Å². The van der Waals surface area contributed by atoms with E-state index >= 15 is 0 Å². The number of hydrogen-bond donors (Lipinski definition) is 1. The van der Waals surface area contributed by atoms with Gasteiger partial charge in [-0.25, -0.2) is 0 Å². The van der Waals surface area contributed by atoms with Gasteiger partial charge in [0, 0.05) is 31.6 Å². The second-order valence-corrected chi connectivity index (χ2v) is 6.03. The minimum absolute atomic E-state index is 0.508. The molecule has 3 heterocycles. The van der Waals surface area contributed by atoms with E-state index in [4.69, 9.17) is 9.47 Å². The maximum atomic E-state index is 5.90. The lowest BCUT2D eigenvalue weighted by Gasteiger charge is -2.34. The number of morpholine rings is 1. The summed E-state index contributed by atoms with van der Waals surface area (Å²) < 4.78 is 11.6. The normalized spacial score (nSPS) is 40.5. The predicted octanol–water partition coefficient (Wildman–Crippen LogP) is 0.864. The zero-order chi connectivity index (χ0) is 12.4. The highest BCUT2D eigenvalue weighted by Crippen LogP contribution is 2.27. The topological polar surface area (TPSA) is 33.7 Å². The van der Waals surface area contributed by atoms with Gasteiger partial charge in [-0.1, -0.05) is 6.92 Å². The van der Waals surface area contributed by atoms with Crippen LogP contribution in [0.25, 0.3) is 0 Å². The molecule has 2 bridgehead atoms. The van der Waals surface area contributed by atoms with E-state index in [1.54, 1.807) is 0 Å². The third kappa shape index (κ3) is 2.87. The minimum atomic E-state index is 0.508. The number of ether oxygens (including phenoxy) is 2. The zero-order valence-corrected chi connectivity index (χ0v) is 11.4. The molecular formula is C14H26N2O2. The molecule has 3 fully saturated rings. The van der Waals surface area contributed by atoms with Crippen molar-refractivity contribution in [1.82, 2.24) is 10.2 Å². The molecule has 0 spiro atoms. The van der Waals surface area contributed by atoms with Crippen molar-refractivity contribution in [2.45, 2.75) is 44.4 Å². The number of nitrogens with zero attached hydrogens (tertiary/aromatic N) is 1. The summed E-state index contributed by atoms with van der Waals surface area (Å²) in [6.45, 7) is 8.59. The first kappa shape index (κ1) is 12.9. The van der Waals surface area contributed by atoms with E-state index in [9.17, 15) is 0 Å². The summed E-state index contributed by atoms with van der Waals surface area (Å²) >= 11 is 0. The fourth-order valence-electron chi connectivity index (χ4n) is 3.51. The smallest absolute Gasteiger partial charge is 0.0707 e. The Morgan fingerprint density at radius 3 is 2.67 bits per heavy atom. The molecular weight excluding hydrogens is 228 g/mol. The molecule has 0 saturated carbocycles. The van der Waals surface area contributed by atoms with Crippen molar-refractivity contribution in [2.24, 2.45) is 5.92 Å². The molecule has 0 aromatic heterocycles. The molecule has 1 N–H and O–H groups in total. The Balaban J connectivity index is 1.49. The Hall–Kier alpha value is -0.160. The lowest BCUT2D eigenvalue weighted by atomic mass is 10.0. The molecule has 104 valence electrons. The Kier molecular flexibility index (Phi) is 4.19. The molecule has 3 aliphatic heterocycles. The number of hydrogen-bond acceptors (Lipinski definition) is 4. The van der Waals surface area contributed by atoms with Crippen molar-refractivity contribution in [3.05, 3.63) is 0 Å². The molecule has 0 aromatic carbocycles. The van der Waals surface area contributed by atoms with Gasteiger partial charge in [-0.2, -0.15) is 0 Å². The average Bonchev–Trinajstić information content (AvgIpc) is 2.94. The van der Waals surface area contributed by atoms with Gasteiger partial charge in [0.25, 0.3) is 0 Å². The largest absolute Gasteiger partial charge is 0.379 e. The summed E-state index contributed by atoms with van der Waals surface area (Å²) in [5, 5.41) is 3.63. The van der Waals surface area contributed by atoms with E-state index in [1.807, 2.05) is 0 Å². The summed E-state index contributed by atoms with van der Waals surface area (Å²) in [7, 11) is 0. The highest BCUT2D eigenvalue weighted by Gasteiger charge is 2.36. The molecule has 3 rings (SSSR count). The lowest BCUT2D eigenvalue weighted by Crippen LogP contribution is -2.48. The van der Waals surface area contributed by atoms with Crippen molar-refractivity contribution >= 4 is 0 Å². The van der Waals surface area contributed by atoms with Gasteiger partial charge in [0.2, 0.25) is 0 Å². The quantitative estimate of drug-likeness (QED) is 0.789. The monoisotopic (exact) mass is 254 g/mol. The van der Waals surface area contributed by atoms with Gasteiger partial charge in [-0.15, -0.1) is 0 Å². The number of rotatable bonds is 5. The Bertz CT molecular complexity index is 263. The summed E-state index contributed by atoms with van der Waals surface area (Å²) in [5.74, 6) is 0.661. The van der Waals surface area contributed by atoms with Crippen LogP contribution in [0.3, 0.4) is 0 Å². The van der Waals surface area contributed by atoms with Gasteiger partial charge in [-0.3, -0.25) is 4.90 Å². The van der Waals surface area contributed by atoms with Gasteiger partial charge in [0.05, 0.1) is 25.4 Å². The van der Waals surface area contributed by atoms with E-state index in [2.05, 4.69) is 17.1 Å². The average molecular weight is 254 g/mol. The van der Waals surface area contributed by atoms with Crippen molar-refractivity contribution in [2.75, 3.05) is 39.4 Å². The molecule has 4 unspecified atom stereocenters. The zero-order valence-electron chi connectivity index (χ0n) is 11.4. The van der Waals surface area contributed by atoms with E-state index in [0.29, 0.717) is 24.2 Å². The molecule has 0 aliphatic carbocycles. The van der Waals surface area contributed by atoms with Crippen LogP contribution >= 0.6 is 0 Å². The van der Waals surface area contributed by atoms with E-state index in [0.717, 1.165) is 32.8 Å². The molecule has 3 saturated heterocycles. The maximum Gasteiger partial charge on any atom is 0.0707 e. The summed E-state index contributed by atoms with van der Waals surface area (Å²) in [6.07, 6.45) is 4.74. The Labute approximate surface area is 110 Å². The highest BCUT2D eigenvalue weighted by molar-refractivity contribution is 4.89. The summed E-state index contributed by atoms with van der Waals surface area (Å²) in [6, 6.07) is 0.561. The van der Waals surface area contributed by atoms with Gasteiger partial charge < -0.3 is 14.8 Å².